The lowest BCUT2D eigenvalue weighted by molar-refractivity contribution is 0.304. The molecule has 0 saturated heterocycles. The highest BCUT2D eigenvalue weighted by Gasteiger charge is 2.01. The Morgan fingerprint density at radius 3 is 2.75 bits per heavy atom. The van der Waals surface area contributed by atoms with Crippen LogP contribution in [0.4, 0.5) is 10.2 Å². The Labute approximate surface area is 118 Å². The van der Waals surface area contributed by atoms with Crippen molar-refractivity contribution in [2.24, 2.45) is 0 Å². The Balaban J connectivity index is 1.91. The normalized spacial score (nSPS) is 10.3. The predicted molar refractivity (Wildman–Crippen MR) is 78.5 cm³/mol. The third kappa shape index (κ3) is 3.95. The molecule has 0 aliphatic carbocycles. The number of hydrogen-bond donors (Lipinski definition) is 1. The lowest BCUT2D eigenvalue weighted by Gasteiger charge is -2.08. The first-order valence-electron chi connectivity index (χ1n) is 6.77. The Morgan fingerprint density at radius 2 is 2.10 bits per heavy atom. The van der Waals surface area contributed by atoms with E-state index in [9.17, 15) is 4.39 Å². The maximum atomic E-state index is 13.4. The van der Waals surface area contributed by atoms with Crippen LogP contribution in [0, 0.1) is 12.7 Å². The average molecular weight is 274 g/mol. The molecular formula is C16H19FN2O. The molecule has 1 aromatic carbocycles. The Hall–Kier alpha value is -2.10. The number of pyridine rings is 1. The van der Waals surface area contributed by atoms with E-state index in [-0.39, 0.29) is 5.82 Å². The van der Waals surface area contributed by atoms with Gasteiger partial charge in [-0.15, -0.1) is 0 Å². The van der Waals surface area contributed by atoms with Crippen LogP contribution in [0.25, 0.3) is 0 Å². The smallest absolute Gasteiger partial charge is 0.129 e. The van der Waals surface area contributed by atoms with E-state index in [0.29, 0.717) is 17.9 Å². The van der Waals surface area contributed by atoms with Gasteiger partial charge in [0.2, 0.25) is 0 Å². The SMILES string of the molecule is CCCNc1ccc(COc2ccc(C)c(F)c2)cn1. The molecule has 1 N–H and O–H groups in total. The number of anilines is 1. The maximum absolute atomic E-state index is 13.4. The molecule has 2 rings (SSSR count). The van der Waals surface area contributed by atoms with Crippen molar-refractivity contribution in [3.63, 3.8) is 0 Å². The summed E-state index contributed by atoms with van der Waals surface area (Å²) in [6.45, 7) is 5.12. The fraction of sp³-hybridized carbons (Fsp3) is 0.312. The van der Waals surface area contributed by atoms with Crippen LogP contribution in [0.15, 0.2) is 36.5 Å². The highest BCUT2D eigenvalue weighted by atomic mass is 19.1. The summed E-state index contributed by atoms with van der Waals surface area (Å²) in [6.07, 6.45) is 2.83. The van der Waals surface area contributed by atoms with Gasteiger partial charge in [0.1, 0.15) is 24.0 Å². The van der Waals surface area contributed by atoms with Gasteiger partial charge in [-0.2, -0.15) is 0 Å². The van der Waals surface area contributed by atoms with Crippen molar-refractivity contribution in [3.8, 4) is 5.75 Å². The van der Waals surface area contributed by atoms with Crippen LogP contribution >= 0.6 is 0 Å². The molecule has 0 aliphatic heterocycles. The molecule has 1 heterocycles. The largest absolute Gasteiger partial charge is 0.489 e. The van der Waals surface area contributed by atoms with E-state index in [2.05, 4.69) is 17.2 Å². The fourth-order valence-electron chi connectivity index (χ4n) is 1.70. The fourth-order valence-corrected chi connectivity index (χ4v) is 1.70. The molecule has 20 heavy (non-hydrogen) atoms. The molecule has 0 fully saturated rings. The third-order valence-corrected chi connectivity index (χ3v) is 2.93. The Kier molecular flexibility index (Phi) is 4.93. The zero-order valence-electron chi connectivity index (χ0n) is 11.8. The van der Waals surface area contributed by atoms with Gasteiger partial charge in [-0.25, -0.2) is 9.37 Å². The number of ether oxygens (including phenoxy) is 1. The molecule has 1 aromatic heterocycles. The van der Waals surface area contributed by atoms with E-state index in [1.165, 1.54) is 6.07 Å². The summed E-state index contributed by atoms with van der Waals surface area (Å²) in [5.41, 5.74) is 1.57. The summed E-state index contributed by atoms with van der Waals surface area (Å²) in [7, 11) is 0. The van der Waals surface area contributed by atoms with E-state index in [4.69, 9.17) is 4.74 Å². The van der Waals surface area contributed by atoms with Crippen LogP contribution in [-0.2, 0) is 6.61 Å². The highest BCUT2D eigenvalue weighted by molar-refractivity contribution is 5.35. The quantitative estimate of drug-likeness (QED) is 0.866. The van der Waals surface area contributed by atoms with Crippen LogP contribution in [0.2, 0.25) is 0 Å². The number of halogens is 1. The van der Waals surface area contributed by atoms with E-state index in [1.54, 1.807) is 25.3 Å². The van der Waals surface area contributed by atoms with Gasteiger partial charge >= 0.3 is 0 Å². The standard InChI is InChI=1S/C16H19FN2O/c1-3-8-18-16-7-5-13(10-19-16)11-20-14-6-4-12(2)15(17)9-14/h4-7,9-10H,3,8,11H2,1-2H3,(H,18,19). The zero-order chi connectivity index (χ0) is 14.4. The molecule has 0 atom stereocenters. The van der Waals surface area contributed by atoms with Crippen molar-refractivity contribution in [3.05, 3.63) is 53.5 Å². The molecule has 0 radical (unpaired) electrons. The Morgan fingerprint density at radius 1 is 1.25 bits per heavy atom. The lowest BCUT2D eigenvalue weighted by Crippen LogP contribution is -2.02. The number of rotatable bonds is 6. The van der Waals surface area contributed by atoms with Gasteiger partial charge in [-0.3, -0.25) is 0 Å². The van der Waals surface area contributed by atoms with Crippen molar-refractivity contribution in [2.75, 3.05) is 11.9 Å². The molecule has 3 nitrogen and oxygen atoms in total. The summed E-state index contributed by atoms with van der Waals surface area (Å²) >= 11 is 0. The van der Waals surface area contributed by atoms with Gasteiger partial charge in [0.15, 0.2) is 0 Å². The average Bonchev–Trinajstić information content (AvgIpc) is 2.47. The number of nitrogens with zero attached hydrogens (tertiary/aromatic N) is 1. The lowest BCUT2D eigenvalue weighted by atomic mass is 10.2. The van der Waals surface area contributed by atoms with Gasteiger partial charge < -0.3 is 10.1 Å². The van der Waals surface area contributed by atoms with Crippen molar-refractivity contribution >= 4 is 5.82 Å². The summed E-state index contributed by atoms with van der Waals surface area (Å²) in [5, 5.41) is 3.21. The number of aromatic nitrogens is 1. The van der Waals surface area contributed by atoms with Crippen LogP contribution < -0.4 is 10.1 Å². The second-order valence-corrected chi connectivity index (χ2v) is 4.68. The van der Waals surface area contributed by atoms with Crippen LogP contribution in [0.3, 0.4) is 0 Å². The van der Waals surface area contributed by atoms with E-state index >= 15 is 0 Å². The Bertz CT molecular complexity index is 555. The molecule has 0 bridgehead atoms. The van der Waals surface area contributed by atoms with Crippen molar-refractivity contribution < 1.29 is 9.13 Å². The molecule has 0 saturated carbocycles. The van der Waals surface area contributed by atoms with Gasteiger partial charge in [0.05, 0.1) is 0 Å². The van der Waals surface area contributed by atoms with Crippen LogP contribution in [0.1, 0.15) is 24.5 Å². The third-order valence-electron chi connectivity index (χ3n) is 2.93. The summed E-state index contributed by atoms with van der Waals surface area (Å²) < 4.78 is 18.9. The summed E-state index contributed by atoms with van der Waals surface area (Å²) in [6, 6.07) is 8.75. The molecule has 0 unspecified atom stereocenters. The topological polar surface area (TPSA) is 34.1 Å². The van der Waals surface area contributed by atoms with Gasteiger partial charge in [0, 0.05) is 24.4 Å². The van der Waals surface area contributed by atoms with Crippen molar-refractivity contribution in [1.82, 2.24) is 4.98 Å². The molecule has 4 heteroatoms. The minimum atomic E-state index is -0.250. The monoisotopic (exact) mass is 274 g/mol. The van der Waals surface area contributed by atoms with Crippen LogP contribution in [0.5, 0.6) is 5.75 Å². The second-order valence-electron chi connectivity index (χ2n) is 4.68. The molecule has 0 aliphatic rings. The zero-order valence-corrected chi connectivity index (χ0v) is 11.8. The first-order chi connectivity index (χ1) is 9.69. The van der Waals surface area contributed by atoms with E-state index in [0.717, 1.165) is 24.3 Å². The minimum Gasteiger partial charge on any atom is -0.489 e. The number of hydrogen-bond acceptors (Lipinski definition) is 3. The maximum Gasteiger partial charge on any atom is 0.129 e. The summed E-state index contributed by atoms with van der Waals surface area (Å²) in [4.78, 5) is 4.29. The summed E-state index contributed by atoms with van der Waals surface area (Å²) in [5.74, 6) is 1.14. The van der Waals surface area contributed by atoms with E-state index < -0.39 is 0 Å². The number of benzene rings is 1. The van der Waals surface area contributed by atoms with Crippen LogP contribution in [-0.4, -0.2) is 11.5 Å². The van der Waals surface area contributed by atoms with Crippen molar-refractivity contribution in [2.45, 2.75) is 26.9 Å². The van der Waals surface area contributed by atoms with Gasteiger partial charge in [-0.05, 0) is 31.0 Å². The van der Waals surface area contributed by atoms with Crippen molar-refractivity contribution in [1.29, 1.82) is 0 Å². The first-order valence-corrected chi connectivity index (χ1v) is 6.77. The molecule has 106 valence electrons. The van der Waals surface area contributed by atoms with E-state index in [1.807, 2.05) is 12.1 Å². The predicted octanol–water partition coefficient (Wildman–Crippen LogP) is 3.93. The minimum absolute atomic E-state index is 0.250. The molecule has 0 amide bonds. The van der Waals surface area contributed by atoms with Gasteiger partial charge in [0.25, 0.3) is 0 Å². The first kappa shape index (κ1) is 14.3. The second kappa shape index (κ2) is 6.89. The molecular weight excluding hydrogens is 255 g/mol. The molecule has 2 aromatic rings. The number of aryl methyl sites for hydroxylation is 1. The molecule has 0 spiro atoms. The highest BCUT2D eigenvalue weighted by Crippen LogP contribution is 2.17. The number of nitrogens with one attached hydrogen (secondary N) is 1. The van der Waals surface area contributed by atoms with Gasteiger partial charge in [-0.1, -0.05) is 19.1 Å².